The summed E-state index contributed by atoms with van der Waals surface area (Å²) in [5.74, 6) is -2.35. The van der Waals surface area contributed by atoms with Gasteiger partial charge in [0.25, 0.3) is 5.91 Å². The van der Waals surface area contributed by atoms with E-state index in [0.717, 1.165) is 6.07 Å². The molecular weight excluding hydrogens is 432 g/mol. The Bertz CT molecular complexity index is 732. The molecule has 0 saturated carbocycles. The monoisotopic (exact) mass is 448 g/mol. The second kappa shape index (κ2) is 7.98. The van der Waals surface area contributed by atoms with E-state index in [1.165, 1.54) is 30.3 Å². The SMILES string of the molecule is CN(C)C(CNC(=O)c1ccc(I)c(F)c1)c1c(F)cccc1F. The summed E-state index contributed by atoms with van der Waals surface area (Å²) in [6.07, 6.45) is 0. The van der Waals surface area contributed by atoms with Crippen LogP contribution in [0.4, 0.5) is 13.2 Å². The maximum atomic E-state index is 14.0. The van der Waals surface area contributed by atoms with Gasteiger partial charge in [-0.2, -0.15) is 0 Å². The Hall–Kier alpha value is -1.61. The molecule has 2 aromatic carbocycles. The molecule has 0 spiro atoms. The minimum absolute atomic E-state index is 0.0166. The average molecular weight is 448 g/mol. The molecule has 0 saturated heterocycles. The number of benzene rings is 2. The van der Waals surface area contributed by atoms with E-state index in [4.69, 9.17) is 0 Å². The number of rotatable bonds is 5. The molecule has 1 unspecified atom stereocenters. The van der Waals surface area contributed by atoms with E-state index in [1.807, 2.05) is 22.6 Å². The van der Waals surface area contributed by atoms with Gasteiger partial charge in [-0.1, -0.05) is 6.07 Å². The van der Waals surface area contributed by atoms with Crippen LogP contribution in [0.3, 0.4) is 0 Å². The van der Waals surface area contributed by atoms with E-state index in [1.54, 1.807) is 19.0 Å². The van der Waals surface area contributed by atoms with Crippen molar-refractivity contribution in [3.63, 3.8) is 0 Å². The number of halogens is 4. The Balaban J connectivity index is 2.17. The fraction of sp³-hybridized carbons (Fsp3) is 0.235. The van der Waals surface area contributed by atoms with Gasteiger partial charge in [0.15, 0.2) is 0 Å². The van der Waals surface area contributed by atoms with Crippen molar-refractivity contribution in [3.8, 4) is 0 Å². The molecule has 0 fully saturated rings. The lowest BCUT2D eigenvalue weighted by Gasteiger charge is -2.25. The zero-order valence-electron chi connectivity index (χ0n) is 13.1. The summed E-state index contributed by atoms with van der Waals surface area (Å²) in [7, 11) is 3.32. The molecule has 3 nitrogen and oxygen atoms in total. The minimum atomic E-state index is -0.691. The van der Waals surface area contributed by atoms with Crippen molar-refractivity contribution in [3.05, 3.63) is 68.5 Å². The minimum Gasteiger partial charge on any atom is -0.350 e. The van der Waals surface area contributed by atoms with Crippen molar-refractivity contribution in [1.29, 1.82) is 0 Å². The highest BCUT2D eigenvalue weighted by Crippen LogP contribution is 2.24. The van der Waals surface area contributed by atoms with Crippen LogP contribution in [-0.4, -0.2) is 31.4 Å². The standard InChI is InChI=1S/C17H16F3IN2O/c1-23(2)15(16-11(18)4-3-5-12(16)19)9-22-17(24)10-6-7-14(21)13(20)8-10/h3-8,15H,9H2,1-2H3,(H,22,24). The quantitative estimate of drug-likeness (QED) is 0.708. The second-order valence-electron chi connectivity index (χ2n) is 5.45. The van der Waals surface area contributed by atoms with Gasteiger partial charge in [-0.25, -0.2) is 13.2 Å². The highest BCUT2D eigenvalue weighted by Gasteiger charge is 2.23. The Kier molecular flexibility index (Phi) is 6.22. The topological polar surface area (TPSA) is 32.3 Å². The van der Waals surface area contributed by atoms with Gasteiger partial charge in [0.1, 0.15) is 17.5 Å². The molecule has 0 aliphatic carbocycles. The summed E-state index contributed by atoms with van der Waals surface area (Å²) >= 11 is 1.82. The van der Waals surface area contributed by atoms with Crippen molar-refractivity contribution < 1.29 is 18.0 Å². The Labute approximate surface area is 152 Å². The van der Waals surface area contributed by atoms with E-state index in [2.05, 4.69) is 5.32 Å². The van der Waals surface area contributed by atoms with Crippen molar-refractivity contribution in [2.75, 3.05) is 20.6 Å². The molecule has 0 aliphatic heterocycles. The molecule has 1 N–H and O–H groups in total. The normalized spacial score (nSPS) is 12.3. The Morgan fingerprint density at radius 2 is 1.75 bits per heavy atom. The molecule has 24 heavy (non-hydrogen) atoms. The molecule has 128 valence electrons. The van der Waals surface area contributed by atoms with Crippen molar-refractivity contribution in [2.24, 2.45) is 0 Å². The average Bonchev–Trinajstić information content (AvgIpc) is 2.52. The fourth-order valence-electron chi connectivity index (χ4n) is 2.30. The zero-order valence-corrected chi connectivity index (χ0v) is 15.3. The molecule has 1 atom stereocenters. The predicted octanol–water partition coefficient (Wildman–Crippen LogP) is 3.74. The van der Waals surface area contributed by atoms with Crippen LogP contribution in [0.25, 0.3) is 0 Å². The molecule has 0 aliphatic rings. The van der Waals surface area contributed by atoms with E-state index in [0.29, 0.717) is 3.57 Å². The van der Waals surface area contributed by atoms with Gasteiger partial charge in [0.2, 0.25) is 0 Å². The summed E-state index contributed by atoms with van der Waals surface area (Å²) in [6.45, 7) is -0.0166. The lowest BCUT2D eigenvalue weighted by Crippen LogP contribution is -2.35. The third-order valence-corrected chi connectivity index (χ3v) is 4.47. The smallest absolute Gasteiger partial charge is 0.251 e. The van der Waals surface area contributed by atoms with Gasteiger partial charge in [-0.15, -0.1) is 0 Å². The summed E-state index contributed by atoms with van der Waals surface area (Å²) in [5, 5.41) is 2.60. The lowest BCUT2D eigenvalue weighted by atomic mass is 10.0. The molecule has 0 bridgehead atoms. The number of hydrogen-bond donors (Lipinski definition) is 1. The zero-order chi connectivity index (χ0) is 17.9. The van der Waals surface area contributed by atoms with Gasteiger partial charge < -0.3 is 10.2 Å². The van der Waals surface area contributed by atoms with Gasteiger partial charge in [0, 0.05) is 21.2 Å². The van der Waals surface area contributed by atoms with E-state index in [-0.39, 0.29) is 17.7 Å². The third-order valence-electron chi connectivity index (χ3n) is 3.59. The maximum Gasteiger partial charge on any atom is 0.251 e. The largest absolute Gasteiger partial charge is 0.350 e. The Morgan fingerprint density at radius 1 is 1.12 bits per heavy atom. The first-order valence-electron chi connectivity index (χ1n) is 7.15. The highest BCUT2D eigenvalue weighted by molar-refractivity contribution is 14.1. The molecule has 2 rings (SSSR count). The van der Waals surface area contributed by atoms with E-state index >= 15 is 0 Å². The van der Waals surface area contributed by atoms with E-state index in [9.17, 15) is 18.0 Å². The molecule has 1 amide bonds. The van der Waals surface area contributed by atoms with Crippen molar-refractivity contribution in [1.82, 2.24) is 10.2 Å². The predicted molar refractivity (Wildman–Crippen MR) is 94.2 cm³/mol. The number of nitrogens with zero attached hydrogens (tertiary/aromatic N) is 1. The van der Waals surface area contributed by atoms with Crippen molar-refractivity contribution in [2.45, 2.75) is 6.04 Å². The van der Waals surface area contributed by atoms with Crippen LogP contribution in [0.5, 0.6) is 0 Å². The molecule has 0 radical (unpaired) electrons. The van der Waals surface area contributed by atoms with Gasteiger partial charge in [-0.05, 0) is 67.0 Å². The lowest BCUT2D eigenvalue weighted by molar-refractivity contribution is 0.0940. The number of carbonyl (C=O) groups excluding carboxylic acids is 1. The van der Waals surface area contributed by atoms with Crippen LogP contribution in [0, 0.1) is 21.0 Å². The number of amides is 1. The number of likely N-dealkylation sites (N-methyl/N-ethyl adjacent to an activating group) is 1. The van der Waals surface area contributed by atoms with Gasteiger partial charge in [-0.3, -0.25) is 4.79 Å². The summed E-state index contributed by atoms with van der Waals surface area (Å²) < 4.78 is 41.9. The maximum absolute atomic E-state index is 14.0. The number of carbonyl (C=O) groups is 1. The van der Waals surface area contributed by atoms with Crippen LogP contribution < -0.4 is 5.32 Å². The van der Waals surface area contributed by atoms with Crippen LogP contribution >= 0.6 is 22.6 Å². The summed E-state index contributed by atoms with van der Waals surface area (Å²) in [5.41, 5.74) is 0.0380. The highest BCUT2D eigenvalue weighted by atomic mass is 127. The molecule has 2 aromatic rings. The van der Waals surface area contributed by atoms with Gasteiger partial charge in [0.05, 0.1) is 6.04 Å². The van der Waals surface area contributed by atoms with E-state index < -0.39 is 29.4 Å². The fourth-order valence-corrected chi connectivity index (χ4v) is 2.64. The third kappa shape index (κ3) is 4.27. The number of nitrogens with one attached hydrogen (secondary N) is 1. The molecule has 0 aromatic heterocycles. The first-order chi connectivity index (χ1) is 11.3. The Morgan fingerprint density at radius 3 is 2.29 bits per heavy atom. The molecule has 0 heterocycles. The first-order valence-corrected chi connectivity index (χ1v) is 8.22. The van der Waals surface area contributed by atoms with Crippen LogP contribution in [0.2, 0.25) is 0 Å². The molecular formula is C17H16F3IN2O. The summed E-state index contributed by atoms with van der Waals surface area (Å²) in [4.78, 5) is 13.8. The molecule has 7 heteroatoms. The number of hydrogen-bond acceptors (Lipinski definition) is 2. The first kappa shape index (κ1) is 18.7. The second-order valence-corrected chi connectivity index (χ2v) is 6.62. The van der Waals surface area contributed by atoms with Crippen LogP contribution in [0.1, 0.15) is 22.0 Å². The van der Waals surface area contributed by atoms with Crippen LogP contribution in [-0.2, 0) is 0 Å². The summed E-state index contributed by atoms with van der Waals surface area (Å²) in [6, 6.07) is 7.05. The van der Waals surface area contributed by atoms with Crippen molar-refractivity contribution >= 4 is 28.5 Å². The van der Waals surface area contributed by atoms with Gasteiger partial charge >= 0.3 is 0 Å². The van der Waals surface area contributed by atoms with Crippen LogP contribution in [0.15, 0.2) is 36.4 Å².